The van der Waals surface area contributed by atoms with E-state index in [4.69, 9.17) is 9.47 Å². The number of aryl methyl sites for hydroxylation is 1. The van der Waals surface area contributed by atoms with Crippen molar-refractivity contribution in [2.24, 2.45) is 0 Å². The Morgan fingerprint density at radius 2 is 1.94 bits per heavy atom. The Morgan fingerprint density at radius 1 is 1.12 bits per heavy atom. The summed E-state index contributed by atoms with van der Waals surface area (Å²) in [5.74, 6) is 1.75. The second-order valence-electron chi connectivity index (χ2n) is 7.43. The fourth-order valence-electron chi connectivity index (χ4n) is 3.78. The number of hydrogen-bond donors (Lipinski definition) is 0. The van der Waals surface area contributed by atoms with Gasteiger partial charge in [-0.2, -0.15) is 0 Å². The fourth-order valence-corrected chi connectivity index (χ4v) is 5.30. The molecule has 0 fully saturated rings. The summed E-state index contributed by atoms with van der Waals surface area (Å²) in [6.07, 6.45) is 0. The summed E-state index contributed by atoms with van der Waals surface area (Å²) in [5, 5.41) is 11.5. The molecule has 0 bridgehead atoms. The maximum atomic E-state index is 13.1. The highest BCUT2D eigenvalue weighted by atomic mass is 32.2. The number of para-hydroxylation sites is 2. The minimum atomic E-state index is 0.0593. The van der Waals surface area contributed by atoms with Crippen molar-refractivity contribution in [2.75, 3.05) is 26.6 Å². The van der Waals surface area contributed by atoms with Crippen LogP contribution in [-0.2, 0) is 11.3 Å². The minimum absolute atomic E-state index is 0.0593. The summed E-state index contributed by atoms with van der Waals surface area (Å²) in [4.78, 5) is 14.1. The number of methoxy groups -OCH3 is 2. The average Bonchev–Trinajstić information content (AvgIpc) is 3.56. The van der Waals surface area contributed by atoms with Gasteiger partial charge >= 0.3 is 0 Å². The predicted molar refractivity (Wildman–Crippen MR) is 132 cm³/mol. The molecule has 0 saturated carbocycles. The predicted octanol–water partition coefficient (Wildman–Crippen LogP) is 5.04. The fraction of sp³-hybridized carbons (Fsp3) is 0.292. The molecule has 1 aromatic carbocycles. The monoisotopic (exact) mass is 482 g/mol. The zero-order valence-corrected chi connectivity index (χ0v) is 20.7. The highest BCUT2D eigenvalue weighted by molar-refractivity contribution is 7.99. The summed E-state index contributed by atoms with van der Waals surface area (Å²) in [7, 11) is 3.32. The van der Waals surface area contributed by atoms with Crippen LogP contribution in [0.4, 0.5) is 0 Å². The SMILES string of the molecule is COCCn1c(C)cc(C(=O)CSc2nnc(-c3cccs3)n2-c2ccccc2OC)c1C. The van der Waals surface area contributed by atoms with E-state index < -0.39 is 0 Å². The highest BCUT2D eigenvalue weighted by Crippen LogP contribution is 2.34. The van der Waals surface area contributed by atoms with Gasteiger partial charge < -0.3 is 14.0 Å². The molecule has 3 heterocycles. The Bertz CT molecular complexity index is 1240. The van der Waals surface area contributed by atoms with Crippen LogP contribution in [0.1, 0.15) is 21.7 Å². The van der Waals surface area contributed by atoms with Crippen LogP contribution < -0.4 is 4.74 Å². The van der Waals surface area contributed by atoms with Gasteiger partial charge in [-0.15, -0.1) is 21.5 Å². The molecular weight excluding hydrogens is 456 g/mol. The molecule has 7 nitrogen and oxygen atoms in total. The number of carbonyl (C=O) groups is 1. The van der Waals surface area contributed by atoms with E-state index in [2.05, 4.69) is 14.8 Å². The number of ether oxygens (including phenoxy) is 2. The lowest BCUT2D eigenvalue weighted by atomic mass is 10.2. The van der Waals surface area contributed by atoms with Crippen molar-refractivity contribution >= 4 is 28.9 Å². The van der Waals surface area contributed by atoms with E-state index in [-0.39, 0.29) is 11.5 Å². The zero-order valence-electron chi connectivity index (χ0n) is 19.1. The zero-order chi connectivity index (χ0) is 23.4. The van der Waals surface area contributed by atoms with E-state index in [1.807, 2.05) is 66.3 Å². The van der Waals surface area contributed by atoms with Crippen molar-refractivity contribution in [1.82, 2.24) is 19.3 Å². The molecule has 0 spiro atoms. The number of nitrogens with zero attached hydrogens (tertiary/aromatic N) is 4. The smallest absolute Gasteiger partial charge is 0.196 e. The van der Waals surface area contributed by atoms with Crippen LogP contribution in [0.2, 0.25) is 0 Å². The van der Waals surface area contributed by atoms with Gasteiger partial charge in [0.1, 0.15) is 5.75 Å². The molecule has 0 aliphatic rings. The van der Waals surface area contributed by atoms with E-state index in [0.717, 1.165) is 39.9 Å². The Kier molecular flexibility index (Phi) is 7.32. The molecule has 172 valence electrons. The maximum Gasteiger partial charge on any atom is 0.196 e. The normalized spacial score (nSPS) is 11.2. The molecule has 4 aromatic rings. The Balaban J connectivity index is 1.64. The van der Waals surface area contributed by atoms with Crippen LogP contribution >= 0.6 is 23.1 Å². The van der Waals surface area contributed by atoms with Gasteiger partial charge in [0.05, 0.1) is 30.0 Å². The number of rotatable bonds is 10. The van der Waals surface area contributed by atoms with E-state index in [1.165, 1.54) is 11.8 Å². The van der Waals surface area contributed by atoms with Gasteiger partial charge in [0, 0.05) is 30.6 Å². The quantitative estimate of drug-likeness (QED) is 0.233. The van der Waals surface area contributed by atoms with E-state index in [1.54, 1.807) is 25.6 Å². The van der Waals surface area contributed by atoms with Gasteiger partial charge in [-0.1, -0.05) is 30.0 Å². The van der Waals surface area contributed by atoms with Gasteiger partial charge in [-0.25, -0.2) is 0 Å². The molecule has 0 aliphatic heterocycles. The third-order valence-electron chi connectivity index (χ3n) is 5.43. The number of aromatic nitrogens is 4. The molecule has 4 rings (SSSR count). The number of thiophene rings is 1. The van der Waals surface area contributed by atoms with Crippen LogP contribution in [0.15, 0.2) is 53.0 Å². The van der Waals surface area contributed by atoms with Crippen molar-refractivity contribution in [1.29, 1.82) is 0 Å². The number of carbonyl (C=O) groups excluding carboxylic acids is 1. The molecule has 0 atom stereocenters. The lowest BCUT2D eigenvalue weighted by Crippen LogP contribution is -2.10. The van der Waals surface area contributed by atoms with E-state index >= 15 is 0 Å². The maximum absolute atomic E-state index is 13.1. The third-order valence-corrected chi connectivity index (χ3v) is 7.22. The lowest BCUT2D eigenvalue weighted by Gasteiger charge is -2.13. The molecule has 0 radical (unpaired) electrons. The third kappa shape index (κ3) is 4.75. The van der Waals surface area contributed by atoms with Crippen molar-refractivity contribution < 1.29 is 14.3 Å². The summed E-state index contributed by atoms with van der Waals surface area (Å²) >= 11 is 2.97. The van der Waals surface area contributed by atoms with Gasteiger partial charge in [-0.05, 0) is 43.5 Å². The van der Waals surface area contributed by atoms with E-state index in [0.29, 0.717) is 17.5 Å². The lowest BCUT2D eigenvalue weighted by molar-refractivity contribution is 0.102. The van der Waals surface area contributed by atoms with Gasteiger partial charge in [0.25, 0.3) is 0 Å². The Labute approximate surface area is 201 Å². The second-order valence-corrected chi connectivity index (χ2v) is 9.32. The standard InChI is InChI=1S/C24H26N4O3S2/c1-16-14-18(17(2)27(16)11-12-30-3)20(29)15-33-24-26-25-23(22-10-7-13-32-22)28(24)19-8-5-6-9-21(19)31-4/h5-10,13-14H,11-12,15H2,1-4H3. The van der Waals surface area contributed by atoms with Crippen LogP contribution in [0.3, 0.4) is 0 Å². The summed E-state index contributed by atoms with van der Waals surface area (Å²) in [6.45, 7) is 5.32. The Morgan fingerprint density at radius 3 is 2.67 bits per heavy atom. The van der Waals surface area contributed by atoms with Crippen molar-refractivity contribution in [2.45, 2.75) is 25.5 Å². The second kappa shape index (κ2) is 10.4. The van der Waals surface area contributed by atoms with Gasteiger partial charge in [0.2, 0.25) is 0 Å². The number of hydrogen-bond acceptors (Lipinski definition) is 7. The average molecular weight is 483 g/mol. The van der Waals surface area contributed by atoms with Crippen molar-refractivity contribution in [3.63, 3.8) is 0 Å². The number of benzene rings is 1. The molecule has 0 amide bonds. The first-order chi connectivity index (χ1) is 16.0. The molecule has 0 unspecified atom stereocenters. The number of ketones is 1. The number of Topliss-reactive ketones (excluding diaryl/α,β-unsaturated/α-hetero) is 1. The molecule has 0 N–H and O–H groups in total. The van der Waals surface area contributed by atoms with Gasteiger partial charge in [-0.3, -0.25) is 9.36 Å². The summed E-state index contributed by atoms with van der Waals surface area (Å²) < 4.78 is 14.9. The first-order valence-electron chi connectivity index (χ1n) is 10.5. The molecule has 9 heteroatoms. The molecule has 3 aromatic heterocycles. The van der Waals surface area contributed by atoms with Crippen LogP contribution in [0.5, 0.6) is 5.75 Å². The van der Waals surface area contributed by atoms with Crippen molar-refractivity contribution in [3.05, 3.63) is 64.8 Å². The largest absolute Gasteiger partial charge is 0.495 e. The number of thioether (sulfide) groups is 1. The topological polar surface area (TPSA) is 71.2 Å². The summed E-state index contributed by atoms with van der Waals surface area (Å²) in [6, 6.07) is 13.7. The van der Waals surface area contributed by atoms with E-state index in [9.17, 15) is 4.79 Å². The molecule has 33 heavy (non-hydrogen) atoms. The molecule has 0 aliphatic carbocycles. The van der Waals surface area contributed by atoms with Gasteiger partial charge in [0.15, 0.2) is 16.8 Å². The summed E-state index contributed by atoms with van der Waals surface area (Å²) in [5.41, 5.74) is 3.58. The highest BCUT2D eigenvalue weighted by Gasteiger charge is 2.22. The Hall–Kier alpha value is -2.88. The minimum Gasteiger partial charge on any atom is -0.495 e. The molecule has 0 saturated heterocycles. The van der Waals surface area contributed by atoms with Crippen molar-refractivity contribution in [3.8, 4) is 22.1 Å². The molecular formula is C24H26N4O3S2. The van der Waals surface area contributed by atoms with Crippen LogP contribution in [-0.4, -0.2) is 51.7 Å². The first kappa shape index (κ1) is 23.3. The van der Waals surface area contributed by atoms with Crippen LogP contribution in [0.25, 0.3) is 16.4 Å². The first-order valence-corrected chi connectivity index (χ1v) is 12.4. The van der Waals surface area contributed by atoms with Crippen LogP contribution in [0, 0.1) is 13.8 Å².